The van der Waals surface area contributed by atoms with Crippen LogP contribution in [-0.2, 0) is 0 Å². The van der Waals surface area contributed by atoms with Crippen molar-refractivity contribution in [3.05, 3.63) is 71.2 Å². The highest BCUT2D eigenvalue weighted by atomic mass is 79.9. The lowest BCUT2D eigenvalue weighted by Gasteiger charge is -2.38. The van der Waals surface area contributed by atoms with Gasteiger partial charge in [-0.2, -0.15) is 0 Å². The molecule has 1 amide bonds. The zero-order valence-electron chi connectivity index (χ0n) is 15.7. The number of halogens is 3. The summed E-state index contributed by atoms with van der Waals surface area (Å²) in [5, 5.41) is 13.1. The average molecular weight is 495 g/mol. The maximum Gasteiger partial charge on any atom is 0.256 e. The zero-order chi connectivity index (χ0) is 21.3. The molecule has 0 spiro atoms. The van der Waals surface area contributed by atoms with Crippen molar-refractivity contribution in [3.8, 4) is 5.75 Å². The van der Waals surface area contributed by atoms with Crippen LogP contribution in [0.1, 0.15) is 16.8 Å². The van der Waals surface area contributed by atoms with Gasteiger partial charge in [-0.1, -0.05) is 39.7 Å². The number of ether oxygens (including phenoxy) is 1. The van der Waals surface area contributed by atoms with Gasteiger partial charge in [-0.3, -0.25) is 4.79 Å². The maximum absolute atomic E-state index is 13.7. The summed E-state index contributed by atoms with van der Waals surface area (Å²) in [6.45, 7) is -0.0545. The highest BCUT2D eigenvalue weighted by Crippen LogP contribution is 2.43. The van der Waals surface area contributed by atoms with Crippen LogP contribution in [0.2, 0.25) is 5.02 Å². The Labute approximate surface area is 186 Å². The van der Waals surface area contributed by atoms with E-state index in [0.29, 0.717) is 22.3 Å². The highest BCUT2D eigenvalue weighted by Gasteiger charge is 2.35. The molecule has 6 nitrogen and oxygen atoms in total. The standard InChI is InChI=1S/C21H18BrClFN3O3/c22-21(8-2-4-13(24)10-21)26-20(29)15-5-1-7-17-18(15)30-12-14(11-28)27(17)19-16(23)6-3-9-25-19/h1-9,14,28H,10-12H2,(H,26,29)/t14-,21?/m0/s1. The lowest BCUT2D eigenvalue weighted by molar-refractivity contribution is 0.0933. The van der Waals surface area contributed by atoms with Crippen molar-refractivity contribution in [1.82, 2.24) is 10.3 Å². The number of aromatic nitrogens is 1. The quantitative estimate of drug-likeness (QED) is 0.491. The Kier molecular flexibility index (Phi) is 5.81. The molecule has 1 aliphatic heterocycles. The van der Waals surface area contributed by atoms with Gasteiger partial charge in [0.15, 0.2) is 11.6 Å². The number of anilines is 2. The molecule has 0 fully saturated rings. The Hall–Kier alpha value is -2.42. The molecule has 2 aliphatic rings. The number of alkyl halides is 1. The minimum Gasteiger partial charge on any atom is -0.488 e. The molecule has 2 heterocycles. The Balaban J connectivity index is 1.71. The van der Waals surface area contributed by atoms with E-state index >= 15 is 0 Å². The Morgan fingerprint density at radius 3 is 3.00 bits per heavy atom. The smallest absolute Gasteiger partial charge is 0.256 e. The molecule has 0 saturated heterocycles. The fourth-order valence-electron chi connectivity index (χ4n) is 3.48. The number of nitrogens with one attached hydrogen (secondary N) is 1. The zero-order valence-corrected chi connectivity index (χ0v) is 18.0. The van der Waals surface area contributed by atoms with E-state index in [1.54, 1.807) is 53.6 Å². The third-order valence-electron chi connectivity index (χ3n) is 4.85. The SMILES string of the molecule is O=C(NC1(Br)C=CC=C(F)C1)c1cccc2c1OC[C@H](CO)N2c1ncccc1Cl. The summed E-state index contributed by atoms with van der Waals surface area (Å²) in [5.74, 6) is 0.0217. The number of carbonyl (C=O) groups is 1. The number of nitrogens with zero attached hydrogens (tertiary/aromatic N) is 2. The third-order valence-corrected chi connectivity index (χ3v) is 5.88. The number of pyridine rings is 1. The molecule has 4 rings (SSSR count). The van der Waals surface area contributed by atoms with Gasteiger partial charge in [-0.05, 0) is 36.4 Å². The maximum atomic E-state index is 13.7. The largest absolute Gasteiger partial charge is 0.488 e. The lowest BCUT2D eigenvalue weighted by atomic mass is 10.0. The van der Waals surface area contributed by atoms with E-state index < -0.39 is 16.4 Å². The summed E-state index contributed by atoms with van der Waals surface area (Å²) < 4.78 is 18.6. The minimum absolute atomic E-state index is 0.00657. The van der Waals surface area contributed by atoms with Gasteiger partial charge in [0.25, 0.3) is 5.91 Å². The van der Waals surface area contributed by atoms with Crippen LogP contribution >= 0.6 is 27.5 Å². The first-order valence-corrected chi connectivity index (χ1v) is 10.4. The van der Waals surface area contributed by atoms with Gasteiger partial charge in [-0.15, -0.1) is 0 Å². The second-order valence-corrected chi connectivity index (χ2v) is 8.77. The monoisotopic (exact) mass is 493 g/mol. The van der Waals surface area contributed by atoms with E-state index in [1.165, 1.54) is 6.08 Å². The van der Waals surface area contributed by atoms with E-state index in [0.717, 1.165) is 0 Å². The first-order chi connectivity index (χ1) is 14.4. The molecular formula is C21H18BrClFN3O3. The summed E-state index contributed by atoms with van der Waals surface area (Å²) in [4.78, 5) is 19.2. The predicted octanol–water partition coefficient (Wildman–Crippen LogP) is 4.26. The van der Waals surface area contributed by atoms with E-state index in [2.05, 4.69) is 26.2 Å². The van der Waals surface area contributed by atoms with Gasteiger partial charge in [0.05, 0.1) is 28.9 Å². The van der Waals surface area contributed by atoms with Gasteiger partial charge in [0.1, 0.15) is 16.9 Å². The highest BCUT2D eigenvalue weighted by molar-refractivity contribution is 9.10. The summed E-state index contributed by atoms with van der Waals surface area (Å²) in [6.07, 6.45) is 6.16. The first-order valence-electron chi connectivity index (χ1n) is 9.23. The molecule has 2 atom stereocenters. The molecule has 2 aromatic rings. The van der Waals surface area contributed by atoms with Crippen LogP contribution < -0.4 is 15.0 Å². The van der Waals surface area contributed by atoms with Crippen LogP contribution in [0.4, 0.5) is 15.9 Å². The number of amides is 1. The van der Waals surface area contributed by atoms with E-state index in [4.69, 9.17) is 16.3 Å². The van der Waals surface area contributed by atoms with Crippen molar-refractivity contribution in [2.45, 2.75) is 16.9 Å². The van der Waals surface area contributed by atoms with Crippen LogP contribution in [0, 0.1) is 0 Å². The topological polar surface area (TPSA) is 74.7 Å². The number of rotatable bonds is 4. The second kappa shape index (κ2) is 8.37. The molecule has 1 aromatic carbocycles. The van der Waals surface area contributed by atoms with E-state index in [1.807, 2.05) is 0 Å². The van der Waals surface area contributed by atoms with Crippen molar-refractivity contribution < 1.29 is 19.0 Å². The number of fused-ring (bicyclic) bond motifs is 1. The van der Waals surface area contributed by atoms with Crippen LogP contribution in [0.25, 0.3) is 0 Å². The molecule has 1 unspecified atom stereocenters. The first kappa shape index (κ1) is 20.8. The number of hydrogen-bond donors (Lipinski definition) is 2. The van der Waals surface area contributed by atoms with Crippen molar-refractivity contribution >= 4 is 44.9 Å². The summed E-state index contributed by atoms with van der Waals surface area (Å²) in [7, 11) is 0. The van der Waals surface area contributed by atoms with Crippen LogP contribution in [0.5, 0.6) is 5.75 Å². The van der Waals surface area contributed by atoms with Crippen LogP contribution in [0.15, 0.2) is 60.6 Å². The van der Waals surface area contributed by atoms with Gasteiger partial charge < -0.3 is 20.1 Å². The van der Waals surface area contributed by atoms with E-state index in [9.17, 15) is 14.3 Å². The average Bonchev–Trinajstić information content (AvgIpc) is 2.72. The van der Waals surface area contributed by atoms with Crippen molar-refractivity contribution in [2.24, 2.45) is 0 Å². The second-order valence-electron chi connectivity index (χ2n) is 6.95. The van der Waals surface area contributed by atoms with Gasteiger partial charge in [0, 0.05) is 12.6 Å². The molecule has 156 valence electrons. The van der Waals surface area contributed by atoms with Gasteiger partial charge >= 0.3 is 0 Å². The fourth-order valence-corrected chi connectivity index (χ4v) is 4.30. The third kappa shape index (κ3) is 3.95. The molecule has 0 bridgehead atoms. The number of para-hydroxylation sites is 1. The molecule has 9 heteroatoms. The summed E-state index contributed by atoms with van der Waals surface area (Å²) >= 11 is 9.75. The van der Waals surface area contributed by atoms with Crippen molar-refractivity contribution in [2.75, 3.05) is 18.1 Å². The molecule has 1 aliphatic carbocycles. The number of carbonyl (C=O) groups excluding carboxylic acids is 1. The number of hydrogen-bond acceptors (Lipinski definition) is 5. The summed E-state index contributed by atoms with van der Waals surface area (Å²) in [6, 6.07) is 8.10. The van der Waals surface area contributed by atoms with Crippen LogP contribution in [0.3, 0.4) is 0 Å². The molecule has 1 aromatic heterocycles. The molecule has 30 heavy (non-hydrogen) atoms. The molecular weight excluding hydrogens is 477 g/mol. The number of benzene rings is 1. The van der Waals surface area contributed by atoms with Crippen molar-refractivity contribution in [1.29, 1.82) is 0 Å². The number of aliphatic hydroxyl groups excluding tert-OH is 1. The molecule has 0 saturated carbocycles. The lowest BCUT2D eigenvalue weighted by Crippen LogP contribution is -2.45. The molecule has 2 N–H and O–H groups in total. The Morgan fingerprint density at radius 1 is 1.43 bits per heavy atom. The predicted molar refractivity (Wildman–Crippen MR) is 116 cm³/mol. The van der Waals surface area contributed by atoms with Crippen LogP contribution in [-0.4, -0.2) is 39.7 Å². The Morgan fingerprint density at radius 2 is 2.27 bits per heavy atom. The number of allylic oxidation sites excluding steroid dienone is 2. The Bertz CT molecular complexity index is 1050. The minimum atomic E-state index is -1.03. The van der Waals surface area contributed by atoms with E-state index in [-0.39, 0.29) is 31.0 Å². The van der Waals surface area contributed by atoms with Crippen molar-refractivity contribution in [3.63, 3.8) is 0 Å². The fraction of sp³-hybridized carbons (Fsp3) is 0.238. The summed E-state index contributed by atoms with van der Waals surface area (Å²) in [5.41, 5.74) is 0.838. The van der Waals surface area contributed by atoms with Gasteiger partial charge in [0.2, 0.25) is 0 Å². The molecule has 0 radical (unpaired) electrons. The normalized spacial score (nSPS) is 22.7. The number of aliphatic hydroxyl groups is 1. The van der Waals surface area contributed by atoms with Gasteiger partial charge in [-0.25, -0.2) is 9.37 Å².